The Morgan fingerprint density at radius 3 is 2.58 bits per heavy atom. The van der Waals surface area contributed by atoms with E-state index in [0.29, 0.717) is 5.65 Å². The van der Waals surface area contributed by atoms with Crippen molar-refractivity contribution in [1.82, 2.24) is 29.9 Å². The molecule has 0 spiro atoms. The predicted molar refractivity (Wildman–Crippen MR) is 92.5 cm³/mol. The average molecular weight is 325 g/mol. The third kappa shape index (κ3) is 2.57. The third-order valence-corrected chi connectivity index (χ3v) is 4.15. The lowest BCUT2D eigenvalue weighted by Gasteiger charge is -2.35. The minimum Gasteiger partial charge on any atom is -0.363 e. The molecule has 1 N–H and O–H groups in total. The molecule has 4 rings (SSSR count). The Hall–Kier alpha value is -2.97. The molecule has 3 aromatic rings. The first kappa shape index (κ1) is 14.6. The van der Waals surface area contributed by atoms with Crippen molar-refractivity contribution in [2.45, 2.75) is 0 Å². The lowest BCUT2D eigenvalue weighted by molar-refractivity contribution is 0.635. The molecule has 124 valence electrons. The predicted octanol–water partition coefficient (Wildman–Crippen LogP) is 0.535. The van der Waals surface area contributed by atoms with E-state index in [1.807, 2.05) is 31.3 Å². The standard InChI is InChI=1S/C15H19N9/c1-22(2)11-3-4-16-15(21-11)24-7-5-23(6-8-24)14-12-13(18-9-17-12)19-10-20-14/h3-4,9-10H,5-8H2,1-2H3,(H,17,18,19,20). The minimum absolute atomic E-state index is 0.699. The van der Waals surface area contributed by atoms with Gasteiger partial charge in [-0.1, -0.05) is 0 Å². The number of fused-ring (bicyclic) bond motifs is 1. The van der Waals surface area contributed by atoms with Gasteiger partial charge in [-0.3, -0.25) is 0 Å². The van der Waals surface area contributed by atoms with Crippen molar-refractivity contribution in [3.05, 3.63) is 24.9 Å². The second-order valence-electron chi connectivity index (χ2n) is 5.88. The highest BCUT2D eigenvalue weighted by Gasteiger charge is 2.22. The quantitative estimate of drug-likeness (QED) is 0.746. The summed E-state index contributed by atoms with van der Waals surface area (Å²) in [5, 5.41) is 0. The average Bonchev–Trinajstić information content (AvgIpc) is 3.11. The van der Waals surface area contributed by atoms with Crippen molar-refractivity contribution in [3.8, 4) is 0 Å². The van der Waals surface area contributed by atoms with Crippen molar-refractivity contribution in [2.75, 3.05) is 55.0 Å². The number of anilines is 3. The van der Waals surface area contributed by atoms with Crippen LogP contribution in [0.1, 0.15) is 0 Å². The van der Waals surface area contributed by atoms with Crippen LogP contribution in [0.4, 0.5) is 17.6 Å². The fourth-order valence-electron chi connectivity index (χ4n) is 2.85. The lowest BCUT2D eigenvalue weighted by atomic mass is 10.3. The molecule has 0 saturated carbocycles. The molecule has 0 radical (unpaired) electrons. The Bertz CT molecular complexity index is 836. The van der Waals surface area contributed by atoms with Crippen molar-refractivity contribution in [2.24, 2.45) is 0 Å². The molecule has 0 aromatic carbocycles. The van der Waals surface area contributed by atoms with Crippen LogP contribution in [0.2, 0.25) is 0 Å². The van der Waals surface area contributed by atoms with Gasteiger partial charge in [0.2, 0.25) is 5.95 Å². The maximum Gasteiger partial charge on any atom is 0.227 e. The number of nitrogens with one attached hydrogen (secondary N) is 1. The van der Waals surface area contributed by atoms with Gasteiger partial charge in [0, 0.05) is 46.5 Å². The number of imidazole rings is 1. The van der Waals surface area contributed by atoms with Crippen LogP contribution in [0.25, 0.3) is 11.2 Å². The molecule has 9 nitrogen and oxygen atoms in total. The normalized spacial score (nSPS) is 15.1. The molecular formula is C15H19N9. The molecular weight excluding hydrogens is 306 g/mol. The van der Waals surface area contributed by atoms with E-state index in [-0.39, 0.29) is 0 Å². The first-order valence-corrected chi connectivity index (χ1v) is 7.87. The van der Waals surface area contributed by atoms with E-state index in [0.717, 1.165) is 49.3 Å². The zero-order valence-electron chi connectivity index (χ0n) is 13.7. The van der Waals surface area contributed by atoms with Gasteiger partial charge in [0.05, 0.1) is 6.33 Å². The highest BCUT2D eigenvalue weighted by atomic mass is 15.3. The van der Waals surface area contributed by atoms with Crippen molar-refractivity contribution in [1.29, 1.82) is 0 Å². The molecule has 4 heterocycles. The first-order chi connectivity index (χ1) is 11.7. The van der Waals surface area contributed by atoms with Crippen LogP contribution in [0.3, 0.4) is 0 Å². The molecule has 0 unspecified atom stereocenters. The Balaban J connectivity index is 1.51. The fourth-order valence-corrected chi connectivity index (χ4v) is 2.85. The summed E-state index contributed by atoms with van der Waals surface area (Å²) in [6.45, 7) is 3.38. The number of rotatable bonds is 3. The highest BCUT2D eigenvalue weighted by molar-refractivity contribution is 5.82. The second-order valence-corrected chi connectivity index (χ2v) is 5.88. The van der Waals surface area contributed by atoms with Gasteiger partial charge in [-0.2, -0.15) is 4.98 Å². The third-order valence-electron chi connectivity index (χ3n) is 4.15. The van der Waals surface area contributed by atoms with Crippen molar-refractivity contribution in [3.63, 3.8) is 0 Å². The molecule has 1 aliphatic rings. The van der Waals surface area contributed by atoms with Crippen LogP contribution >= 0.6 is 0 Å². The van der Waals surface area contributed by atoms with E-state index in [2.05, 4.69) is 39.7 Å². The number of aromatic amines is 1. The van der Waals surface area contributed by atoms with Crippen molar-refractivity contribution >= 4 is 28.7 Å². The summed E-state index contributed by atoms with van der Waals surface area (Å²) in [6.07, 6.45) is 5.02. The second kappa shape index (κ2) is 5.91. The van der Waals surface area contributed by atoms with E-state index >= 15 is 0 Å². The van der Waals surface area contributed by atoms with Gasteiger partial charge in [-0.05, 0) is 6.07 Å². The van der Waals surface area contributed by atoms with Crippen LogP contribution in [-0.2, 0) is 0 Å². The maximum atomic E-state index is 4.62. The zero-order chi connectivity index (χ0) is 16.5. The van der Waals surface area contributed by atoms with Crippen LogP contribution < -0.4 is 14.7 Å². The summed E-state index contributed by atoms with van der Waals surface area (Å²) in [5.74, 6) is 2.59. The monoisotopic (exact) mass is 325 g/mol. The smallest absolute Gasteiger partial charge is 0.227 e. The summed E-state index contributed by atoms with van der Waals surface area (Å²) in [7, 11) is 3.96. The molecule has 1 aliphatic heterocycles. The Morgan fingerprint density at radius 1 is 1.00 bits per heavy atom. The molecule has 24 heavy (non-hydrogen) atoms. The Labute approximate surface area is 139 Å². The SMILES string of the molecule is CN(C)c1ccnc(N2CCN(c3ncnc4nc[nH]c34)CC2)n1. The van der Waals surface area contributed by atoms with Crippen LogP contribution in [0, 0.1) is 0 Å². The van der Waals surface area contributed by atoms with Crippen LogP contribution in [0.5, 0.6) is 0 Å². The van der Waals surface area contributed by atoms with Gasteiger partial charge < -0.3 is 19.7 Å². The summed E-state index contributed by atoms with van der Waals surface area (Å²) in [5.41, 5.74) is 1.58. The summed E-state index contributed by atoms with van der Waals surface area (Å²) < 4.78 is 0. The van der Waals surface area contributed by atoms with Gasteiger partial charge in [0.1, 0.15) is 17.7 Å². The summed E-state index contributed by atoms with van der Waals surface area (Å²) in [6, 6.07) is 1.91. The number of nitrogens with zero attached hydrogens (tertiary/aromatic N) is 8. The number of aromatic nitrogens is 6. The van der Waals surface area contributed by atoms with E-state index < -0.39 is 0 Å². The zero-order valence-corrected chi connectivity index (χ0v) is 13.7. The minimum atomic E-state index is 0.699. The Kier molecular flexibility index (Phi) is 3.60. The number of hydrogen-bond acceptors (Lipinski definition) is 8. The lowest BCUT2D eigenvalue weighted by Crippen LogP contribution is -2.47. The molecule has 0 aliphatic carbocycles. The first-order valence-electron chi connectivity index (χ1n) is 7.87. The van der Waals surface area contributed by atoms with Gasteiger partial charge in [-0.15, -0.1) is 0 Å². The van der Waals surface area contributed by atoms with Gasteiger partial charge in [0.15, 0.2) is 11.5 Å². The highest BCUT2D eigenvalue weighted by Crippen LogP contribution is 2.22. The fraction of sp³-hybridized carbons (Fsp3) is 0.400. The molecule has 9 heteroatoms. The van der Waals surface area contributed by atoms with Gasteiger partial charge in [-0.25, -0.2) is 19.9 Å². The van der Waals surface area contributed by atoms with Crippen molar-refractivity contribution < 1.29 is 0 Å². The molecule has 0 atom stereocenters. The van der Waals surface area contributed by atoms with E-state index in [1.54, 1.807) is 12.7 Å². The van der Waals surface area contributed by atoms with Gasteiger partial charge in [0.25, 0.3) is 0 Å². The van der Waals surface area contributed by atoms with Gasteiger partial charge >= 0.3 is 0 Å². The largest absolute Gasteiger partial charge is 0.363 e. The molecule has 0 bridgehead atoms. The molecule has 1 fully saturated rings. The van der Waals surface area contributed by atoms with Crippen LogP contribution in [-0.4, -0.2) is 70.2 Å². The van der Waals surface area contributed by atoms with Crippen LogP contribution in [0.15, 0.2) is 24.9 Å². The van der Waals surface area contributed by atoms with E-state index in [1.165, 1.54) is 0 Å². The summed E-state index contributed by atoms with van der Waals surface area (Å²) in [4.78, 5) is 31.4. The molecule has 3 aromatic heterocycles. The molecule has 0 amide bonds. The maximum absolute atomic E-state index is 4.62. The summed E-state index contributed by atoms with van der Waals surface area (Å²) >= 11 is 0. The number of H-pyrrole nitrogens is 1. The topological polar surface area (TPSA) is 90.0 Å². The number of hydrogen-bond donors (Lipinski definition) is 1. The number of piperazine rings is 1. The van der Waals surface area contributed by atoms with E-state index in [4.69, 9.17) is 0 Å². The van der Waals surface area contributed by atoms with E-state index in [9.17, 15) is 0 Å². The molecule has 1 saturated heterocycles. The Morgan fingerprint density at radius 2 is 1.79 bits per heavy atom.